The van der Waals surface area contributed by atoms with Gasteiger partial charge in [0, 0.05) is 33.2 Å². The van der Waals surface area contributed by atoms with Crippen molar-refractivity contribution >= 4 is 66.7 Å². The Balaban J connectivity index is 1.63. The maximum atomic E-state index is 12.3. The van der Waals surface area contributed by atoms with Crippen molar-refractivity contribution in [3.63, 3.8) is 0 Å². The lowest BCUT2D eigenvalue weighted by Crippen LogP contribution is -2.39. The summed E-state index contributed by atoms with van der Waals surface area (Å²) in [6, 6.07) is 11.3. The van der Waals surface area contributed by atoms with E-state index in [1.54, 1.807) is 11.3 Å². The van der Waals surface area contributed by atoms with Crippen LogP contribution in [-0.4, -0.2) is 22.4 Å². The van der Waals surface area contributed by atoms with Crippen LogP contribution in [0.5, 0.6) is 0 Å². The summed E-state index contributed by atoms with van der Waals surface area (Å²) in [7, 11) is 0. The number of aromatic nitrogens is 2. The Labute approximate surface area is 168 Å². The number of thiazole rings is 1. The van der Waals surface area contributed by atoms with E-state index in [0.717, 1.165) is 37.5 Å². The molecule has 0 spiro atoms. The Bertz CT molecular complexity index is 1220. The molecule has 1 unspecified atom stereocenters. The number of primary amides is 1. The van der Waals surface area contributed by atoms with Crippen molar-refractivity contribution in [2.75, 3.05) is 11.4 Å². The van der Waals surface area contributed by atoms with Crippen LogP contribution in [0.15, 0.2) is 36.4 Å². The SMILES string of the molecule is NC(=O)C1CN(c2nc3ccc(Cl)cc3s2)Cc2[nH]c3ccc(Cl)cc3c21. The molecule has 136 valence electrons. The van der Waals surface area contributed by atoms with Crippen LogP contribution in [0.25, 0.3) is 21.1 Å². The van der Waals surface area contributed by atoms with E-state index in [1.165, 1.54) is 0 Å². The van der Waals surface area contributed by atoms with E-state index in [1.807, 2.05) is 36.4 Å². The van der Waals surface area contributed by atoms with Gasteiger partial charge in [-0.3, -0.25) is 4.79 Å². The molecular weight excluding hydrogens is 403 g/mol. The molecule has 1 aliphatic rings. The number of nitrogens with zero attached hydrogens (tertiary/aromatic N) is 2. The van der Waals surface area contributed by atoms with Gasteiger partial charge in [-0.2, -0.15) is 0 Å². The maximum absolute atomic E-state index is 12.3. The number of anilines is 1. The predicted molar refractivity (Wildman–Crippen MR) is 111 cm³/mol. The lowest BCUT2D eigenvalue weighted by Gasteiger charge is -2.31. The van der Waals surface area contributed by atoms with E-state index in [9.17, 15) is 4.79 Å². The molecule has 2 aromatic carbocycles. The topological polar surface area (TPSA) is 75.0 Å². The fourth-order valence-electron chi connectivity index (χ4n) is 3.73. The molecule has 8 heteroatoms. The molecule has 2 aromatic heterocycles. The first-order valence-electron chi connectivity index (χ1n) is 8.40. The average molecular weight is 417 g/mol. The fourth-order valence-corrected chi connectivity index (χ4v) is 5.15. The first kappa shape index (κ1) is 16.9. The normalized spacial score (nSPS) is 16.8. The number of aromatic amines is 1. The van der Waals surface area contributed by atoms with Crippen LogP contribution < -0.4 is 10.6 Å². The first-order chi connectivity index (χ1) is 13.0. The maximum Gasteiger partial charge on any atom is 0.226 e. The molecule has 1 atom stereocenters. The van der Waals surface area contributed by atoms with Crippen LogP contribution in [0.1, 0.15) is 17.2 Å². The summed E-state index contributed by atoms with van der Waals surface area (Å²) in [5.41, 5.74) is 9.52. The van der Waals surface area contributed by atoms with Gasteiger partial charge in [-0.15, -0.1) is 0 Å². The molecule has 1 aliphatic heterocycles. The molecule has 0 saturated carbocycles. The number of carbonyl (C=O) groups is 1. The van der Waals surface area contributed by atoms with Crippen LogP contribution in [0.4, 0.5) is 5.13 Å². The number of hydrogen-bond acceptors (Lipinski definition) is 4. The van der Waals surface area contributed by atoms with E-state index < -0.39 is 5.92 Å². The number of halogens is 2. The minimum atomic E-state index is -0.434. The van der Waals surface area contributed by atoms with Crippen LogP contribution in [0.3, 0.4) is 0 Å². The van der Waals surface area contributed by atoms with Crippen molar-refractivity contribution in [3.8, 4) is 0 Å². The lowest BCUT2D eigenvalue weighted by atomic mass is 9.91. The van der Waals surface area contributed by atoms with Crippen molar-refractivity contribution in [1.29, 1.82) is 0 Å². The highest BCUT2D eigenvalue weighted by Gasteiger charge is 2.33. The minimum Gasteiger partial charge on any atom is -0.369 e. The number of H-pyrrole nitrogens is 1. The highest BCUT2D eigenvalue weighted by atomic mass is 35.5. The summed E-state index contributed by atoms with van der Waals surface area (Å²) in [6.45, 7) is 1.11. The summed E-state index contributed by atoms with van der Waals surface area (Å²) in [5, 5.41) is 3.12. The molecule has 3 heterocycles. The quantitative estimate of drug-likeness (QED) is 0.498. The Morgan fingerprint density at radius 3 is 2.81 bits per heavy atom. The van der Waals surface area contributed by atoms with Crippen molar-refractivity contribution < 1.29 is 4.79 Å². The summed E-state index contributed by atoms with van der Waals surface area (Å²) in [6.07, 6.45) is 0. The van der Waals surface area contributed by atoms with Gasteiger partial charge in [-0.25, -0.2) is 4.98 Å². The number of carbonyl (C=O) groups excluding carboxylic acids is 1. The molecule has 27 heavy (non-hydrogen) atoms. The second-order valence-electron chi connectivity index (χ2n) is 6.65. The molecule has 0 radical (unpaired) electrons. The minimum absolute atomic E-state index is 0.356. The molecule has 4 aromatic rings. The van der Waals surface area contributed by atoms with Gasteiger partial charge in [0.2, 0.25) is 5.91 Å². The smallest absolute Gasteiger partial charge is 0.226 e. The number of fused-ring (bicyclic) bond motifs is 4. The molecule has 5 nitrogen and oxygen atoms in total. The van der Waals surface area contributed by atoms with E-state index in [0.29, 0.717) is 23.1 Å². The molecule has 0 fully saturated rings. The molecule has 0 aliphatic carbocycles. The van der Waals surface area contributed by atoms with Gasteiger partial charge in [0.25, 0.3) is 0 Å². The third-order valence-electron chi connectivity index (χ3n) is 4.94. The van der Waals surface area contributed by atoms with E-state index >= 15 is 0 Å². The number of nitrogens with two attached hydrogens (primary N) is 1. The summed E-state index contributed by atoms with van der Waals surface area (Å²) in [5.74, 6) is -0.789. The largest absolute Gasteiger partial charge is 0.369 e. The predicted octanol–water partition coefficient (Wildman–Crippen LogP) is 4.67. The van der Waals surface area contributed by atoms with Crippen LogP contribution in [0.2, 0.25) is 10.0 Å². The molecule has 0 saturated heterocycles. The second-order valence-corrected chi connectivity index (χ2v) is 8.53. The lowest BCUT2D eigenvalue weighted by molar-refractivity contribution is -0.119. The number of nitrogens with one attached hydrogen (secondary N) is 1. The molecule has 5 rings (SSSR count). The Morgan fingerprint density at radius 1 is 1.22 bits per heavy atom. The average Bonchev–Trinajstić information content (AvgIpc) is 3.21. The van der Waals surface area contributed by atoms with Gasteiger partial charge in [0.15, 0.2) is 5.13 Å². The van der Waals surface area contributed by atoms with E-state index in [2.05, 4.69) is 9.88 Å². The highest BCUT2D eigenvalue weighted by molar-refractivity contribution is 7.22. The van der Waals surface area contributed by atoms with Crippen molar-refractivity contribution in [2.45, 2.75) is 12.5 Å². The monoisotopic (exact) mass is 416 g/mol. The van der Waals surface area contributed by atoms with Gasteiger partial charge >= 0.3 is 0 Å². The van der Waals surface area contributed by atoms with Gasteiger partial charge in [-0.1, -0.05) is 34.5 Å². The Morgan fingerprint density at radius 2 is 2.00 bits per heavy atom. The van der Waals surface area contributed by atoms with Gasteiger partial charge in [0.1, 0.15) is 0 Å². The number of hydrogen-bond donors (Lipinski definition) is 2. The number of rotatable bonds is 2. The molecular formula is C19H14Cl2N4OS. The van der Waals surface area contributed by atoms with E-state index in [4.69, 9.17) is 33.9 Å². The molecule has 1 amide bonds. The van der Waals surface area contributed by atoms with Crippen LogP contribution in [0, 0.1) is 0 Å². The van der Waals surface area contributed by atoms with Crippen LogP contribution in [-0.2, 0) is 11.3 Å². The fraction of sp³-hybridized carbons (Fsp3) is 0.158. The zero-order chi connectivity index (χ0) is 18.7. The summed E-state index contributed by atoms with van der Waals surface area (Å²) in [4.78, 5) is 22.5. The molecule has 3 N–H and O–H groups in total. The third-order valence-corrected chi connectivity index (χ3v) is 6.49. The summed E-state index contributed by atoms with van der Waals surface area (Å²) >= 11 is 13.8. The van der Waals surface area contributed by atoms with Crippen LogP contribution >= 0.6 is 34.5 Å². The zero-order valence-corrected chi connectivity index (χ0v) is 16.3. The highest BCUT2D eigenvalue weighted by Crippen LogP contribution is 2.39. The standard InChI is InChI=1S/C19H14Cl2N4OS/c20-9-1-3-13-11(5-9)17-12(18(22)26)7-25(8-15(17)23-13)19-24-14-4-2-10(21)6-16(14)27-19/h1-6,12,23H,7-8H2,(H2,22,26). The molecule has 0 bridgehead atoms. The Kier molecular flexibility index (Phi) is 3.82. The number of benzene rings is 2. The zero-order valence-electron chi connectivity index (χ0n) is 14.0. The van der Waals surface area contributed by atoms with Gasteiger partial charge in [0.05, 0.1) is 22.7 Å². The number of amides is 1. The van der Waals surface area contributed by atoms with E-state index in [-0.39, 0.29) is 5.91 Å². The third kappa shape index (κ3) is 2.76. The second kappa shape index (κ2) is 6.12. The van der Waals surface area contributed by atoms with Crippen molar-refractivity contribution in [3.05, 3.63) is 57.7 Å². The van der Waals surface area contributed by atoms with Gasteiger partial charge < -0.3 is 15.6 Å². The first-order valence-corrected chi connectivity index (χ1v) is 9.97. The Hall–Kier alpha value is -2.28. The van der Waals surface area contributed by atoms with Gasteiger partial charge in [-0.05, 0) is 42.0 Å². The van der Waals surface area contributed by atoms with Crippen molar-refractivity contribution in [2.24, 2.45) is 5.73 Å². The summed E-state index contributed by atoms with van der Waals surface area (Å²) < 4.78 is 1.02. The van der Waals surface area contributed by atoms with Crippen molar-refractivity contribution in [1.82, 2.24) is 9.97 Å².